The third-order valence-electron chi connectivity index (χ3n) is 2.96. The van der Waals surface area contributed by atoms with Crippen molar-refractivity contribution in [3.63, 3.8) is 0 Å². The van der Waals surface area contributed by atoms with Crippen molar-refractivity contribution in [1.29, 1.82) is 0 Å². The maximum Gasteiger partial charge on any atom is 0.416 e. The highest BCUT2D eigenvalue weighted by atomic mass is 19.4. The fraction of sp³-hybridized carbons (Fsp3) is 0.286. The Morgan fingerprint density at radius 3 is 2.33 bits per heavy atom. The third-order valence-corrected chi connectivity index (χ3v) is 2.96. The van der Waals surface area contributed by atoms with Crippen molar-refractivity contribution in [3.8, 4) is 12.3 Å². The zero-order valence-corrected chi connectivity index (χ0v) is 10.9. The number of alkyl halides is 3. The van der Waals surface area contributed by atoms with Gasteiger partial charge in [-0.3, -0.25) is 14.5 Å². The molecule has 1 aliphatic rings. The molecule has 1 aromatic rings. The van der Waals surface area contributed by atoms with Crippen molar-refractivity contribution < 1.29 is 22.8 Å². The zero-order valence-electron chi connectivity index (χ0n) is 10.9. The highest BCUT2D eigenvalue weighted by Crippen LogP contribution is 2.32. The summed E-state index contributed by atoms with van der Waals surface area (Å²) in [5.74, 6) is 1.12. The fourth-order valence-electron chi connectivity index (χ4n) is 2.07. The number of carbonyl (C=O) groups is 2. The normalized spacial score (nSPS) is 17.0. The van der Waals surface area contributed by atoms with Crippen LogP contribution in [0.15, 0.2) is 24.3 Å². The van der Waals surface area contributed by atoms with Gasteiger partial charge < -0.3 is 0 Å². The average molecular weight is 296 g/mol. The van der Waals surface area contributed by atoms with Gasteiger partial charge in [0.1, 0.15) is 0 Å². The summed E-state index contributed by atoms with van der Waals surface area (Å²) < 4.78 is 38.0. The summed E-state index contributed by atoms with van der Waals surface area (Å²) in [6.07, 6.45) is 0.577. The van der Waals surface area contributed by atoms with Crippen LogP contribution in [0.4, 0.5) is 18.9 Å². The predicted molar refractivity (Wildman–Crippen MR) is 69.2 cm³/mol. The van der Waals surface area contributed by atoms with E-state index in [1.165, 1.54) is 11.0 Å². The van der Waals surface area contributed by atoms with Crippen LogP contribution < -0.4 is 4.90 Å². The Morgan fingerprint density at radius 1 is 1.19 bits per heavy atom. The Bertz CT molecular complexity index is 601. The molecule has 1 aromatic carbocycles. The number of amides is 2. The van der Waals surface area contributed by atoms with E-state index in [1.54, 1.807) is 0 Å². The molecule has 2 amide bonds. The standard InChI is InChI=1S/C14H11F3N2O2/c1-2-6-18-8-12(20)19(13(21)9-18)11-5-3-4-10(7-11)14(15,16)17/h1,3-5,7H,6,8-9H2. The summed E-state index contributed by atoms with van der Waals surface area (Å²) in [6, 6.07) is 4.12. The first-order valence-electron chi connectivity index (χ1n) is 6.02. The SMILES string of the molecule is C#CCN1CC(=O)N(c2cccc(C(F)(F)F)c2)C(=O)C1. The monoisotopic (exact) mass is 296 g/mol. The lowest BCUT2D eigenvalue weighted by molar-refractivity contribution is -0.138. The van der Waals surface area contributed by atoms with Crippen LogP contribution in [0.25, 0.3) is 0 Å². The molecular weight excluding hydrogens is 285 g/mol. The van der Waals surface area contributed by atoms with Crippen LogP contribution >= 0.6 is 0 Å². The van der Waals surface area contributed by atoms with Gasteiger partial charge in [-0.1, -0.05) is 12.0 Å². The summed E-state index contributed by atoms with van der Waals surface area (Å²) >= 11 is 0. The van der Waals surface area contributed by atoms with E-state index < -0.39 is 23.6 Å². The highest BCUT2D eigenvalue weighted by Gasteiger charge is 2.34. The first kappa shape index (κ1) is 15.1. The largest absolute Gasteiger partial charge is 0.416 e. The van der Waals surface area contributed by atoms with Crippen LogP contribution in [0, 0.1) is 12.3 Å². The Hall–Kier alpha value is -2.33. The molecule has 0 aromatic heterocycles. The smallest absolute Gasteiger partial charge is 0.274 e. The Kier molecular flexibility index (Phi) is 4.00. The summed E-state index contributed by atoms with van der Waals surface area (Å²) in [5.41, 5.74) is -0.994. The van der Waals surface area contributed by atoms with Crippen LogP contribution in [0.3, 0.4) is 0 Å². The van der Waals surface area contributed by atoms with Gasteiger partial charge in [-0.25, -0.2) is 4.90 Å². The van der Waals surface area contributed by atoms with Gasteiger partial charge in [0.15, 0.2) is 0 Å². The molecule has 1 saturated heterocycles. The summed E-state index contributed by atoms with van der Waals surface area (Å²) in [6.45, 7) is -0.0771. The summed E-state index contributed by atoms with van der Waals surface area (Å²) in [7, 11) is 0. The second-order valence-corrected chi connectivity index (χ2v) is 4.52. The van der Waals surface area contributed by atoms with Crippen LogP contribution in [0.5, 0.6) is 0 Å². The number of rotatable bonds is 2. The van der Waals surface area contributed by atoms with Crippen molar-refractivity contribution >= 4 is 17.5 Å². The van der Waals surface area contributed by atoms with Crippen molar-refractivity contribution in [1.82, 2.24) is 4.90 Å². The highest BCUT2D eigenvalue weighted by molar-refractivity contribution is 6.17. The van der Waals surface area contributed by atoms with Crippen molar-refractivity contribution in [2.45, 2.75) is 6.18 Å². The maximum atomic E-state index is 12.7. The Balaban J connectivity index is 2.29. The lowest BCUT2D eigenvalue weighted by Crippen LogP contribution is -2.54. The summed E-state index contributed by atoms with van der Waals surface area (Å²) in [5, 5.41) is 0. The molecule has 1 heterocycles. The number of anilines is 1. The van der Waals surface area contributed by atoms with Crippen LogP contribution in [-0.4, -0.2) is 36.3 Å². The molecule has 110 valence electrons. The van der Waals surface area contributed by atoms with E-state index in [0.29, 0.717) is 0 Å². The number of carbonyl (C=O) groups excluding carboxylic acids is 2. The van der Waals surface area contributed by atoms with Gasteiger partial charge >= 0.3 is 6.18 Å². The van der Waals surface area contributed by atoms with Crippen LogP contribution in [0.2, 0.25) is 0 Å². The molecular formula is C14H11F3N2O2. The second-order valence-electron chi connectivity index (χ2n) is 4.52. The number of hydrogen-bond acceptors (Lipinski definition) is 3. The number of imide groups is 1. The summed E-state index contributed by atoms with van der Waals surface area (Å²) in [4.78, 5) is 26.1. The van der Waals surface area contributed by atoms with Gasteiger partial charge in [-0.15, -0.1) is 6.42 Å². The van der Waals surface area contributed by atoms with E-state index in [4.69, 9.17) is 6.42 Å². The minimum atomic E-state index is -4.53. The number of nitrogens with zero attached hydrogens (tertiary/aromatic N) is 2. The molecule has 0 atom stereocenters. The van der Waals surface area contributed by atoms with Gasteiger partial charge in [0.2, 0.25) is 11.8 Å². The molecule has 0 saturated carbocycles. The lowest BCUT2D eigenvalue weighted by Gasteiger charge is -2.31. The molecule has 1 fully saturated rings. The maximum absolute atomic E-state index is 12.7. The van der Waals surface area contributed by atoms with Crippen LogP contribution in [0.1, 0.15) is 5.56 Å². The Labute approximate surface area is 119 Å². The number of benzene rings is 1. The molecule has 0 N–H and O–H groups in total. The first-order valence-corrected chi connectivity index (χ1v) is 6.02. The van der Waals surface area contributed by atoms with E-state index in [0.717, 1.165) is 23.1 Å². The van der Waals surface area contributed by atoms with Crippen LogP contribution in [-0.2, 0) is 15.8 Å². The number of terminal acetylenes is 1. The quantitative estimate of drug-likeness (QED) is 0.613. The molecule has 0 radical (unpaired) electrons. The lowest BCUT2D eigenvalue weighted by atomic mass is 10.1. The molecule has 21 heavy (non-hydrogen) atoms. The van der Waals surface area contributed by atoms with Gasteiger partial charge in [0.05, 0.1) is 30.9 Å². The minimum Gasteiger partial charge on any atom is -0.274 e. The number of piperazine rings is 1. The Morgan fingerprint density at radius 2 is 1.81 bits per heavy atom. The molecule has 0 unspecified atom stereocenters. The molecule has 0 bridgehead atoms. The van der Waals surface area contributed by atoms with Crippen molar-refractivity contribution in [2.75, 3.05) is 24.5 Å². The van der Waals surface area contributed by atoms with E-state index >= 15 is 0 Å². The molecule has 1 aliphatic heterocycles. The fourth-order valence-corrected chi connectivity index (χ4v) is 2.07. The first-order chi connectivity index (χ1) is 9.82. The average Bonchev–Trinajstić information content (AvgIpc) is 2.37. The van der Waals surface area contributed by atoms with Gasteiger partial charge in [-0.05, 0) is 18.2 Å². The van der Waals surface area contributed by atoms with E-state index in [9.17, 15) is 22.8 Å². The third kappa shape index (κ3) is 3.23. The molecule has 0 spiro atoms. The van der Waals surface area contributed by atoms with E-state index in [-0.39, 0.29) is 25.3 Å². The molecule has 0 aliphatic carbocycles. The van der Waals surface area contributed by atoms with Crippen molar-refractivity contribution in [3.05, 3.63) is 29.8 Å². The zero-order chi connectivity index (χ0) is 15.6. The van der Waals surface area contributed by atoms with Gasteiger partial charge in [0, 0.05) is 0 Å². The minimum absolute atomic E-state index is 0.0832. The predicted octanol–water partition coefficient (Wildman–Crippen LogP) is 1.51. The molecule has 4 nitrogen and oxygen atoms in total. The molecule has 7 heteroatoms. The molecule has 2 rings (SSSR count). The van der Waals surface area contributed by atoms with Crippen molar-refractivity contribution in [2.24, 2.45) is 0 Å². The topological polar surface area (TPSA) is 40.6 Å². The second kappa shape index (κ2) is 5.58. The number of hydrogen-bond donors (Lipinski definition) is 0. The van der Waals surface area contributed by atoms with Gasteiger partial charge in [-0.2, -0.15) is 13.2 Å². The van der Waals surface area contributed by atoms with E-state index in [1.807, 2.05) is 0 Å². The number of halogens is 3. The van der Waals surface area contributed by atoms with E-state index in [2.05, 4.69) is 5.92 Å². The van der Waals surface area contributed by atoms with Gasteiger partial charge in [0.25, 0.3) is 0 Å².